The lowest BCUT2D eigenvalue weighted by atomic mass is 10.1. The maximum absolute atomic E-state index is 12.5. The fraction of sp³-hybridized carbons (Fsp3) is 0.438. The van der Waals surface area contributed by atoms with Crippen LogP contribution in [0.2, 0.25) is 0 Å². The number of nitrogens with zero attached hydrogens (tertiary/aromatic N) is 2. The van der Waals surface area contributed by atoms with Crippen LogP contribution in [0.4, 0.5) is 5.69 Å². The zero-order valence-electron chi connectivity index (χ0n) is 13.5. The Balaban J connectivity index is 2.00. The van der Waals surface area contributed by atoms with Crippen LogP contribution in [0.1, 0.15) is 23.7 Å². The van der Waals surface area contributed by atoms with E-state index in [0.29, 0.717) is 17.7 Å². The van der Waals surface area contributed by atoms with Gasteiger partial charge in [-0.05, 0) is 37.5 Å². The lowest BCUT2D eigenvalue weighted by molar-refractivity contribution is -0.119. The van der Waals surface area contributed by atoms with Gasteiger partial charge in [0.1, 0.15) is 0 Å². The van der Waals surface area contributed by atoms with Gasteiger partial charge in [0, 0.05) is 43.9 Å². The number of likely N-dealkylation sites (N-methyl/N-ethyl adjacent to an activating group) is 1. The molecule has 124 valence electrons. The summed E-state index contributed by atoms with van der Waals surface area (Å²) in [7, 11) is 2.05. The van der Waals surface area contributed by atoms with Crippen molar-refractivity contribution < 1.29 is 9.59 Å². The summed E-state index contributed by atoms with van der Waals surface area (Å²) < 4.78 is 0. The molecule has 1 heterocycles. The van der Waals surface area contributed by atoms with Crippen molar-refractivity contribution >= 4 is 34.8 Å². The molecule has 0 bridgehead atoms. The summed E-state index contributed by atoms with van der Waals surface area (Å²) in [5.41, 5.74) is 1.30. The average Bonchev–Trinajstić information content (AvgIpc) is 2.55. The van der Waals surface area contributed by atoms with Gasteiger partial charge in [-0.25, -0.2) is 0 Å². The zero-order chi connectivity index (χ0) is 16.8. The molecule has 1 aliphatic rings. The van der Waals surface area contributed by atoms with Crippen molar-refractivity contribution in [3.63, 3.8) is 0 Å². The van der Waals surface area contributed by atoms with Crippen molar-refractivity contribution in [2.24, 2.45) is 0 Å². The normalized spacial score (nSPS) is 15.1. The summed E-state index contributed by atoms with van der Waals surface area (Å²) in [4.78, 5) is 27.9. The molecule has 23 heavy (non-hydrogen) atoms. The number of anilines is 1. The van der Waals surface area contributed by atoms with Crippen molar-refractivity contribution in [1.29, 1.82) is 0 Å². The molecule has 7 heteroatoms. The van der Waals surface area contributed by atoms with Crippen molar-refractivity contribution in [3.05, 3.63) is 29.8 Å². The number of carbonyl (C=O) groups is 2. The van der Waals surface area contributed by atoms with E-state index in [9.17, 15) is 9.59 Å². The van der Waals surface area contributed by atoms with Gasteiger partial charge >= 0.3 is 0 Å². The van der Waals surface area contributed by atoms with E-state index in [-0.39, 0.29) is 16.9 Å². The van der Waals surface area contributed by atoms with Gasteiger partial charge in [-0.3, -0.25) is 9.59 Å². The molecule has 6 nitrogen and oxygen atoms in total. The molecule has 1 fully saturated rings. The predicted octanol–water partition coefficient (Wildman–Crippen LogP) is 1.30. The topological polar surface area (TPSA) is 64.7 Å². The van der Waals surface area contributed by atoms with E-state index >= 15 is 0 Å². The molecular weight excluding hydrogens is 312 g/mol. The molecule has 0 aromatic heterocycles. The molecule has 0 radical (unpaired) electrons. The summed E-state index contributed by atoms with van der Waals surface area (Å²) in [6, 6.07) is 7.16. The second-order valence-electron chi connectivity index (χ2n) is 5.53. The second kappa shape index (κ2) is 8.03. The molecular formula is C16H22N4O2S. The highest BCUT2D eigenvalue weighted by Gasteiger charge is 2.20. The highest BCUT2D eigenvalue weighted by atomic mass is 32.1. The molecule has 1 aromatic rings. The fourth-order valence-electron chi connectivity index (χ4n) is 2.30. The SMILES string of the molecule is CCC(=O)NC(=S)Nc1cccc(C(=O)N2CCN(C)CC2)c1. The van der Waals surface area contributed by atoms with Gasteiger partial charge in [0.2, 0.25) is 5.91 Å². The van der Waals surface area contributed by atoms with E-state index in [2.05, 4.69) is 22.6 Å². The van der Waals surface area contributed by atoms with Gasteiger partial charge < -0.3 is 20.4 Å². The van der Waals surface area contributed by atoms with Crippen LogP contribution in [0.15, 0.2) is 24.3 Å². The monoisotopic (exact) mass is 334 g/mol. The molecule has 1 aliphatic heterocycles. The maximum atomic E-state index is 12.5. The fourth-order valence-corrected chi connectivity index (χ4v) is 2.53. The lowest BCUT2D eigenvalue weighted by Gasteiger charge is -2.32. The number of thiocarbonyl (C=S) groups is 1. The van der Waals surface area contributed by atoms with Gasteiger partial charge in [-0.1, -0.05) is 13.0 Å². The van der Waals surface area contributed by atoms with E-state index in [1.54, 1.807) is 25.1 Å². The Morgan fingerprint density at radius 3 is 2.57 bits per heavy atom. The highest BCUT2D eigenvalue weighted by Crippen LogP contribution is 2.14. The van der Waals surface area contributed by atoms with Crippen LogP contribution in [-0.2, 0) is 4.79 Å². The Hall–Kier alpha value is -1.99. The molecule has 0 saturated carbocycles. The number of rotatable bonds is 3. The van der Waals surface area contributed by atoms with Crippen LogP contribution in [0, 0.1) is 0 Å². The number of nitrogens with one attached hydrogen (secondary N) is 2. The lowest BCUT2D eigenvalue weighted by Crippen LogP contribution is -2.47. The molecule has 2 rings (SSSR count). The van der Waals surface area contributed by atoms with Gasteiger partial charge in [0.25, 0.3) is 5.91 Å². The third kappa shape index (κ3) is 5.01. The quantitative estimate of drug-likeness (QED) is 0.816. The van der Waals surface area contributed by atoms with Crippen LogP contribution in [0.3, 0.4) is 0 Å². The first-order chi connectivity index (χ1) is 11.0. The largest absolute Gasteiger partial charge is 0.336 e. The highest BCUT2D eigenvalue weighted by molar-refractivity contribution is 7.80. The van der Waals surface area contributed by atoms with Crippen LogP contribution in [-0.4, -0.2) is 60.0 Å². The van der Waals surface area contributed by atoms with Gasteiger partial charge in [-0.15, -0.1) is 0 Å². The van der Waals surface area contributed by atoms with Crippen LogP contribution < -0.4 is 10.6 Å². The first-order valence-electron chi connectivity index (χ1n) is 7.68. The minimum Gasteiger partial charge on any atom is -0.336 e. The zero-order valence-corrected chi connectivity index (χ0v) is 14.3. The molecule has 1 saturated heterocycles. The number of amides is 2. The first-order valence-corrected chi connectivity index (χ1v) is 8.09. The van der Waals surface area contributed by atoms with E-state index in [1.807, 2.05) is 11.0 Å². The molecule has 0 spiro atoms. The number of hydrogen-bond acceptors (Lipinski definition) is 4. The number of piperazine rings is 1. The number of benzene rings is 1. The summed E-state index contributed by atoms with van der Waals surface area (Å²) in [5, 5.41) is 5.75. The van der Waals surface area contributed by atoms with Crippen molar-refractivity contribution in [3.8, 4) is 0 Å². The smallest absolute Gasteiger partial charge is 0.254 e. The minimum absolute atomic E-state index is 0.0188. The Morgan fingerprint density at radius 1 is 1.22 bits per heavy atom. The van der Waals surface area contributed by atoms with Gasteiger partial charge in [0.15, 0.2) is 5.11 Å². The Labute approximate surface area is 141 Å². The molecule has 2 N–H and O–H groups in total. The van der Waals surface area contributed by atoms with Crippen molar-refractivity contribution in [2.75, 3.05) is 38.5 Å². The summed E-state index contributed by atoms with van der Waals surface area (Å²) in [6.45, 7) is 5.00. The van der Waals surface area contributed by atoms with Gasteiger partial charge in [-0.2, -0.15) is 0 Å². The van der Waals surface area contributed by atoms with E-state index in [0.717, 1.165) is 26.2 Å². The second-order valence-corrected chi connectivity index (χ2v) is 5.94. The van der Waals surface area contributed by atoms with Gasteiger partial charge in [0.05, 0.1) is 0 Å². The van der Waals surface area contributed by atoms with Crippen LogP contribution >= 0.6 is 12.2 Å². The van der Waals surface area contributed by atoms with Crippen LogP contribution in [0.5, 0.6) is 0 Å². The summed E-state index contributed by atoms with van der Waals surface area (Å²) in [5.74, 6) is -0.127. The first kappa shape index (κ1) is 17.4. The molecule has 0 aliphatic carbocycles. The molecule has 1 aromatic carbocycles. The summed E-state index contributed by atoms with van der Waals surface area (Å²) in [6.07, 6.45) is 0.365. The number of carbonyl (C=O) groups excluding carboxylic acids is 2. The van der Waals surface area contributed by atoms with E-state index in [1.165, 1.54) is 0 Å². The van der Waals surface area contributed by atoms with Crippen molar-refractivity contribution in [2.45, 2.75) is 13.3 Å². The van der Waals surface area contributed by atoms with E-state index in [4.69, 9.17) is 12.2 Å². The molecule has 2 amide bonds. The Bertz CT molecular complexity index is 597. The minimum atomic E-state index is -0.146. The third-order valence-corrected chi connectivity index (χ3v) is 3.94. The number of hydrogen-bond donors (Lipinski definition) is 2. The third-order valence-electron chi connectivity index (χ3n) is 3.73. The van der Waals surface area contributed by atoms with Crippen LogP contribution in [0.25, 0.3) is 0 Å². The molecule has 0 unspecified atom stereocenters. The standard InChI is InChI=1S/C16H22N4O2S/c1-3-14(21)18-16(23)17-13-6-4-5-12(11-13)15(22)20-9-7-19(2)8-10-20/h4-6,11H,3,7-10H2,1-2H3,(H2,17,18,21,23). The maximum Gasteiger partial charge on any atom is 0.254 e. The van der Waals surface area contributed by atoms with E-state index < -0.39 is 0 Å². The Kier molecular flexibility index (Phi) is 6.06. The predicted molar refractivity (Wildman–Crippen MR) is 94.5 cm³/mol. The Morgan fingerprint density at radius 2 is 1.91 bits per heavy atom. The summed E-state index contributed by atoms with van der Waals surface area (Å²) >= 11 is 5.08. The average molecular weight is 334 g/mol. The molecule has 0 atom stereocenters. The van der Waals surface area contributed by atoms with Crippen molar-refractivity contribution in [1.82, 2.24) is 15.1 Å².